The van der Waals surface area contributed by atoms with E-state index in [1.807, 2.05) is 12.3 Å². The van der Waals surface area contributed by atoms with Crippen LogP contribution in [0.4, 0.5) is 0 Å². The topological polar surface area (TPSA) is 20.3 Å². The highest BCUT2D eigenvalue weighted by atomic mass is 16.1. The Morgan fingerprint density at radius 3 is 2.64 bits per heavy atom. The molecule has 1 amide bonds. The summed E-state index contributed by atoms with van der Waals surface area (Å²) in [5.41, 5.74) is 0. The largest absolute Gasteiger partial charge is 0.325 e. The van der Waals surface area contributed by atoms with Gasteiger partial charge in [-0.1, -0.05) is 25.8 Å². The van der Waals surface area contributed by atoms with Gasteiger partial charge in [0.25, 0.3) is 0 Å². The predicted octanol–water partition coefficient (Wildman–Crippen LogP) is 2.17. The molecule has 0 spiro atoms. The number of allylic oxidation sites excluding steroid dienone is 1. The van der Waals surface area contributed by atoms with Crippen LogP contribution in [-0.2, 0) is 4.79 Å². The molecule has 0 aliphatic rings. The molecular weight excluding hydrogens is 138 g/mol. The lowest BCUT2D eigenvalue weighted by Gasteiger charge is -2.00. The van der Waals surface area contributed by atoms with Crippen molar-refractivity contribution < 1.29 is 4.79 Å². The molecule has 0 N–H and O–H groups in total. The zero-order valence-electron chi connectivity index (χ0n) is 7.42. The van der Waals surface area contributed by atoms with Crippen molar-refractivity contribution in [1.29, 1.82) is 0 Å². The zero-order valence-corrected chi connectivity index (χ0v) is 7.42. The Bertz CT molecular complexity index is 121. The van der Waals surface area contributed by atoms with Gasteiger partial charge < -0.3 is 4.90 Å². The lowest BCUT2D eigenvalue weighted by molar-refractivity contribution is -0.115. The van der Waals surface area contributed by atoms with Crippen molar-refractivity contribution in [2.24, 2.45) is 0 Å². The van der Waals surface area contributed by atoms with E-state index in [0.29, 0.717) is 0 Å². The molecule has 11 heavy (non-hydrogen) atoms. The van der Waals surface area contributed by atoms with E-state index >= 15 is 0 Å². The van der Waals surface area contributed by atoms with Crippen LogP contribution in [0.3, 0.4) is 0 Å². The molecule has 0 radical (unpaired) electrons. The Hall–Kier alpha value is -0.790. The lowest BCUT2D eigenvalue weighted by atomic mass is 10.2. The summed E-state index contributed by atoms with van der Waals surface area (Å²) in [5, 5.41) is 0. The Morgan fingerprint density at radius 2 is 2.09 bits per heavy atom. The summed E-state index contributed by atoms with van der Waals surface area (Å²) in [7, 11) is 1.74. The number of unbranched alkanes of at least 4 members (excludes halogenated alkanes) is 3. The Kier molecular flexibility index (Phi) is 6.79. The predicted molar refractivity (Wildman–Crippen MR) is 47.1 cm³/mol. The van der Waals surface area contributed by atoms with Gasteiger partial charge in [-0.15, -0.1) is 0 Å². The van der Waals surface area contributed by atoms with Crippen molar-refractivity contribution in [2.45, 2.75) is 32.6 Å². The van der Waals surface area contributed by atoms with Crippen LogP contribution >= 0.6 is 0 Å². The zero-order chi connectivity index (χ0) is 8.53. The molecule has 0 saturated carbocycles. The van der Waals surface area contributed by atoms with E-state index in [-0.39, 0.29) is 0 Å². The Balaban J connectivity index is 3.22. The van der Waals surface area contributed by atoms with Gasteiger partial charge in [0.1, 0.15) is 0 Å². The molecule has 0 bridgehead atoms. The monoisotopic (exact) mass is 155 g/mol. The minimum atomic E-state index is 0.802. The second kappa shape index (κ2) is 7.32. The first kappa shape index (κ1) is 10.2. The highest BCUT2D eigenvalue weighted by Gasteiger charge is 1.83. The average Bonchev–Trinajstić information content (AvgIpc) is 2.04. The third-order valence-corrected chi connectivity index (χ3v) is 1.48. The molecule has 0 aromatic carbocycles. The van der Waals surface area contributed by atoms with Crippen LogP contribution in [0.2, 0.25) is 0 Å². The van der Waals surface area contributed by atoms with E-state index in [1.54, 1.807) is 7.05 Å². The molecular formula is C9H17NO. The SMILES string of the molecule is CCCCCC=CN(C)C=O. The first-order valence-corrected chi connectivity index (χ1v) is 4.15. The highest BCUT2D eigenvalue weighted by Crippen LogP contribution is 1.99. The van der Waals surface area contributed by atoms with Gasteiger partial charge in [0.2, 0.25) is 6.41 Å². The van der Waals surface area contributed by atoms with Crippen molar-refractivity contribution in [3.05, 3.63) is 12.3 Å². The fourth-order valence-electron chi connectivity index (χ4n) is 0.788. The molecule has 0 fully saturated rings. The molecule has 0 rings (SSSR count). The fraction of sp³-hybridized carbons (Fsp3) is 0.667. The lowest BCUT2D eigenvalue weighted by Crippen LogP contribution is -2.05. The molecule has 0 aliphatic heterocycles. The van der Waals surface area contributed by atoms with E-state index in [2.05, 4.69) is 6.92 Å². The van der Waals surface area contributed by atoms with Crippen LogP contribution in [0.5, 0.6) is 0 Å². The number of hydrogen-bond donors (Lipinski definition) is 0. The second-order valence-electron chi connectivity index (χ2n) is 2.65. The molecule has 0 aromatic rings. The van der Waals surface area contributed by atoms with Gasteiger partial charge in [-0.25, -0.2) is 0 Å². The quantitative estimate of drug-likeness (QED) is 0.425. The van der Waals surface area contributed by atoms with Crippen molar-refractivity contribution in [2.75, 3.05) is 7.05 Å². The van der Waals surface area contributed by atoms with Crippen LogP contribution in [0, 0.1) is 0 Å². The van der Waals surface area contributed by atoms with Crippen LogP contribution in [0.25, 0.3) is 0 Å². The van der Waals surface area contributed by atoms with Gasteiger partial charge in [0.05, 0.1) is 0 Å². The van der Waals surface area contributed by atoms with E-state index in [9.17, 15) is 4.79 Å². The minimum absolute atomic E-state index is 0.802. The van der Waals surface area contributed by atoms with Crippen molar-refractivity contribution in [1.82, 2.24) is 4.90 Å². The molecule has 0 heterocycles. The molecule has 0 saturated heterocycles. The third kappa shape index (κ3) is 7.10. The summed E-state index contributed by atoms with van der Waals surface area (Å²) in [4.78, 5) is 11.6. The number of carbonyl (C=O) groups is 1. The smallest absolute Gasteiger partial charge is 0.213 e. The molecule has 0 aromatic heterocycles. The van der Waals surface area contributed by atoms with Gasteiger partial charge in [-0.2, -0.15) is 0 Å². The summed E-state index contributed by atoms with van der Waals surface area (Å²) in [5.74, 6) is 0. The molecule has 0 atom stereocenters. The van der Waals surface area contributed by atoms with E-state index in [0.717, 1.165) is 12.8 Å². The van der Waals surface area contributed by atoms with Crippen molar-refractivity contribution in [3.63, 3.8) is 0 Å². The number of nitrogens with zero attached hydrogens (tertiary/aromatic N) is 1. The third-order valence-electron chi connectivity index (χ3n) is 1.48. The van der Waals surface area contributed by atoms with E-state index < -0.39 is 0 Å². The minimum Gasteiger partial charge on any atom is -0.325 e. The molecule has 0 aliphatic carbocycles. The van der Waals surface area contributed by atoms with Gasteiger partial charge in [-0.05, 0) is 12.8 Å². The fourth-order valence-corrected chi connectivity index (χ4v) is 0.788. The summed E-state index contributed by atoms with van der Waals surface area (Å²) >= 11 is 0. The van der Waals surface area contributed by atoms with E-state index in [4.69, 9.17) is 0 Å². The number of carbonyl (C=O) groups excluding carboxylic acids is 1. The highest BCUT2D eigenvalue weighted by molar-refractivity contribution is 5.48. The summed E-state index contributed by atoms with van der Waals surface area (Å²) in [6.45, 7) is 2.18. The number of hydrogen-bond acceptors (Lipinski definition) is 1. The summed E-state index contributed by atoms with van der Waals surface area (Å²) < 4.78 is 0. The van der Waals surface area contributed by atoms with Crippen molar-refractivity contribution >= 4 is 6.41 Å². The van der Waals surface area contributed by atoms with Crippen LogP contribution in [-0.4, -0.2) is 18.4 Å². The summed E-state index contributed by atoms with van der Waals surface area (Å²) in [6.07, 6.45) is 9.46. The second-order valence-corrected chi connectivity index (χ2v) is 2.65. The van der Waals surface area contributed by atoms with E-state index in [1.165, 1.54) is 24.2 Å². The number of rotatable bonds is 6. The maximum Gasteiger partial charge on any atom is 0.213 e. The molecule has 0 unspecified atom stereocenters. The Morgan fingerprint density at radius 1 is 1.36 bits per heavy atom. The van der Waals surface area contributed by atoms with Gasteiger partial charge in [-0.3, -0.25) is 4.79 Å². The van der Waals surface area contributed by atoms with Crippen LogP contribution in [0.1, 0.15) is 32.6 Å². The summed E-state index contributed by atoms with van der Waals surface area (Å²) in [6, 6.07) is 0. The van der Waals surface area contributed by atoms with Crippen LogP contribution in [0.15, 0.2) is 12.3 Å². The maximum atomic E-state index is 10.1. The molecule has 2 heteroatoms. The van der Waals surface area contributed by atoms with Gasteiger partial charge >= 0.3 is 0 Å². The normalized spacial score (nSPS) is 10.4. The molecule has 64 valence electrons. The molecule has 2 nitrogen and oxygen atoms in total. The van der Waals surface area contributed by atoms with Gasteiger partial charge in [0, 0.05) is 13.2 Å². The van der Waals surface area contributed by atoms with Crippen LogP contribution < -0.4 is 0 Å². The number of amides is 1. The maximum absolute atomic E-state index is 10.1. The van der Waals surface area contributed by atoms with Crippen molar-refractivity contribution in [3.8, 4) is 0 Å². The first-order valence-electron chi connectivity index (χ1n) is 4.15. The first-order chi connectivity index (χ1) is 5.31. The standard InChI is InChI=1S/C9H17NO/c1-3-4-5-6-7-8-10(2)9-11/h7-9H,3-6H2,1-2H3. The Labute approximate surface area is 68.9 Å². The average molecular weight is 155 g/mol. The van der Waals surface area contributed by atoms with Gasteiger partial charge in [0.15, 0.2) is 0 Å².